The standard InChI is InChI=1S/C14H19NO/c16-12-5-3-11(4-6-12)13-9-15-10-14(13)7-1-2-8-14/h3-6,13,15-16H,1-2,7-10H2. The van der Waals surface area contributed by atoms with Gasteiger partial charge in [-0.1, -0.05) is 25.0 Å². The lowest BCUT2D eigenvalue weighted by Crippen LogP contribution is -2.25. The third-order valence-electron chi connectivity index (χ3n) is 4.46. The lowest BCUT2D eigenvalue weighted by molar-refractivity contribution is 0.295. The van der Waals surface area contributed by atoms with Gasteiger partial charge in [0.1, 0.15) is 5.75 Å². The van der Waals surface area contributed by atoms with Crippen molar-refractivity contribution < 1.29 is 5.11 Å². The van der Waals surface area contributed by atoms with E-state index in [0.717, 1.165) is 6.54 Å². The Bertz CT molecular complexity index is 359. The second-order valence-electron chi connectivity index (χ2n) is 5.34. The molecule has 86 valence electrons. The van der Waals surface area contributed by atoms with Gasteiger partial charge in [-0.2, -0.15) is 0 Å². The zero-order chi connectivity index (χ0) is 11.0. The van der Waals surface area contributed by atoms with E-state index in [2.05, 4.69) is 17.4 Å². The average molecular weight is 217 g/mol. The number of nitrogens with one attached hydrogen (secondary N) is 1. The molecule has 16 heavy (non-hydrogen) atoms. The maximum Gasteiger partial charge on any atom is 0.115 e. The molecule has 2 fully saturated rings. The quantitative estimate of drug-likeness (QED) is 0.758. The fraction of sp³-hybridized carbons (Fsp3) is 0.571. The maximum absolute atomic E-state index is 9.34. The Hall–Kier alpha value is -1.02. The van der Waals surface area contributed by atoms with Crippen LogP contribution < -0.4 is 5.32 Å². The minimum atomic E-state index is 0.371. The molecule has 1 unspecified atom stereocenters. The first-order chi connectivity index (χ1) is 7.80. The summed E-state index contributed by atoms with van der Waals surface area (Å²) in [6.07, 6.45) is 5.50. The molecule has 1 aliphatic heterocycles. The predicted octanol–water partition coefficient (Wildman–Crippen LogP) is 2.64. The number of rotatable bonds is 1. The van der Waals surface area contributed by atoms with Crippen LogP contribution in [0, 0.1) is 5.41 Å². The summed E-state index contributed by atoms with van der Waals surface area (Å²) in [7, 11) is 0. The molecule has 1 aromatic carbocycles. The van der Waals surface area contributed by atoms with E-state index in [1.807, 2.05) is 12.1 Å². The topological polar surface area (TPSA) is 32.3 Å². The van der Waals surface area contributed by atoms with E-state index in [1.54, 1.807) is 0 Å². The van der Waals surface area contributed by atoms with Crippen LogP contribution in [-0.2, 0) is 0 Å². The minimum Gasteiger partial charge on any atom is -0.508 e. The lowest BCUT2D eigenvalue weighted by atomic mass is 9.73. The predicted molar refractivity (Wildman–Crippen MR) is 64.6 cm³/mol. The molecule has 2 N–H and O–H groups in total. The van der Waals surface area contributed by atoms with Crippen LogP contribution in [0.3, 0.4) is 0 Å². The van der Waals surface area contributed by atoms with Crippen LogP contribution in [0.1, 0.15) is 37.2 Å². The van der Waals surface area contributed by atoms with Crippen LogP contribution in [0.2, 0.25) is 0 Å². The number of aromatic hydroxyl groups is 1. The third-order valence-corrected chi connectivity index (χ3v) is 4.46. The summed E-state index contributed by atoms with van der Waals surface area (Å²) in [4.78, 5) is 0. The van der Waals surface area contributed by atoms with Gasteiger partial charge in [0.2, 0.25) is 0 Å². The number of benzene rings is 1. The van der Waals surface area contributed by atoms with Crippen LogP contribution in [0.15, 0.2) is 24.3 Å². The summed E-state index contributed by atoms with van der Waals surface area (Å²) in [5, 5.41) is 12.9. The smallest absolute Gasteiger partial charge is 0.115 e. The van der Waals surface area contributed by atoms with Gasteiger partial charge >= 0.3 is 0 Å². The summed E-state index contributed by atoms with van der Waals surface area (Å²) in [6, 6.07) is 7.81. The Morgan fingerprint density at radius 2 is 1.81 bits per heavy atom. The van der Waals surface area contributed by atoms with Crippen LogP contribution in [0.5, 0.6) is 5.75 Å². The fourth-order valence-electron chi connectivity index (χ4n) is 3.59. The van der Waals surface area contributed by atoms with Crippen molar-refractivity contribution >= 4 is 0 Å². The van der Waals surface area contributed by atoms with Gasteiger partial charge in [-0.15, -0.1) is 0 Å². The van der Waals surface area contributed by atoms with Crippen molar-refractivity contribution in [3.63, 3.8) is 0 Å². The Morgan fingerprint density at radius 1 is 1.12 bits per heavy atom. The highest BCUT2D eigenvalue weighted by Crippen LogP contribution is 2.50. The molecule has 1 spiro atoms. The van der Waals surface area contributed by atoms with Crippen molar-refractivity contribution in [2.75, 3.05) is 13.1 Å². The molecule has 0 bridgehead atoms. The highest BCUT2D eigenvalue weighted by molar-refractivity contribution is 5.31. The van der Waals surface area contributed by atoms with Crippen LogP contribution >= 0.6 is 0 Å². The fourth-order valence-corrected chi connectivity index (χ4v) is 3.59. The highest BCUT2D eigenvalue weighted by Gasteiger charge is 2.45. The van der Waals surface area contributed by atoms with Crippen molar-refractivity contribution in [3.05, 3.63) is 29.8 Å². The van der Waals surface area contributed by atoms with Gasteiger partial charge in [0.25, 0.3) is 0 Å². The first-order valence-electron chi connectivity index (χ1n) is 6.30. The van der Waals surface area contributed by atoms with E-state index in [1.165, 1.54) is 37.8 Å². The summed E-state index contributed by atoms with van der Waals surface area (Å²) in [5.41, 5.74) is 1.90. The largest absolute Gasteiger partial charge is 0.508 e. The van der Waals surface area contributed by atoms with E-state index in [0.29, 0.717) is 17.1 Å². The summed E-state index contributed by atoms with van der Waals surface area (Å²) in [5.74, 6) is 1.02. The molecule has 1 atom stereocenters. The van der Waals surface area contributed by atoms with Crippen molar-refractivity contribution in [3.8, 4) is 5.75 Å². The van der Waals surface area contributed by atoms with E-state index >= 15 is 0 Å². The second kappa shape index (κ2) is 3.77. The van der Waals surface area contributed by atoms with Crippen molar-refractivity contribution in [1.29, 1.82) is 0 Å². The zero-order valence-corrected chi connectivity index (χ0v) is 9.58. The molecule has 0 amide bonds. The van der Waals surface area contributed by atoms with Crippen LogP contribution in [0.25, 0.3) is 0 Å². The molecule has 1 heterocycles. The maximum atomic E-state index is 9.34. The normalized spacial score (nSPS) is 27.6. The molecule has 2 heteroatoms. The SMILES string of the molecule is Oc1ccc(C2CNCC23CCCC3)cc1. The van der Waals surface area contributed by atoms with Gasteiger partial charge in [-0.05, 0) is 36.0 Å². The summed E-state index contributed by atoms with van der Waals surface area (Å²) in [6.45, 7) is 2.28. The molecule has 2 aliphatic rings. The van der Waals surface area contributed by atoms with Crippen molar-refractivity contribution in [1.82, 2.24) is 5.32 Å². The monoisotopic (exact) mass is 217 g/mol. The molecule has 3 rings (SSSR count). The zero-order valence-electron chi connectivity index (χ0n) is 9.58. The van der Waals surface area contributed by atoms with Gasteiger partial charge in [0.15, 0.2) is 0 Å². The molecule has 1 saturated heterocycles. The lowest BCUT2D eigenvalue weighted by Gasteiger charge is -2.30. The molecule has 0 radical (unpaired) electrons. The van der Waals surface area contributed by atoms with E-state index in [-0.39, 0.29) is 0 Å². The minimum absolute atomic E-state index is 0.371. The summed E-state index contributed by atoms with van der Waals surface area (Å²) >= 11 is 0. The van der Waals surface area contributed by atoms with Gasteiger partial charge in [-0.3, -0.25) is 0 Å². The van der Waals surface area contributed by atoms with Gasteiger partial charge < -0.3 is 10.4 Å². The van der Waals surface area contributed by atoms with E-state index in [4.69, 9.17) is 0 Å². The van der Waals surface area contributed by atoms with Gasteiger partial charge in [0, 0.05) is 19.0 Å². The second-order valence-corrected chi connectivity index (χ2v) is 5.34. The molecule has 1 aliphatic carbocycles. The van der Waals surface area contributed by atoms with E-state index < -0.39 is 0 Å². The van der Waals surface area contributed by atoms with Crippen molar-refractivity contribution in [2.24, 2.45) is 5.41 Å². The average Bonchev–Trinajstić information content (AvgIpc) is 2.91. The summed E-state index contributed by atoms with van der Waals surface area (Å²) < 4.78 is 0. The van der Waals surface area contributed by atoms with E-state index in [9.17, 15) is 5.11 Å². The first-order valence-corrected chi connectivity index (χ1v) is 6.30. The van der Waals surface area contributed by atoms with Gasteiger partial charge in [-0.25, -0.2) is 0 Å². The Labute approximate surface area is 96.7 Å². The van der Waals surface area contributed by atoms with Crippen LogP contribution in [-0.4, -0.2) is 18.2 Å². The molecule has 1 saturated carbocycles. The molecular formula is C14H19NO. The van der Waals surface area contributed by atoms with Crippen LogP contribution in [0.4, 0.5) is 0 Å². The molecular weight excluding hydrogens is 198 g/mol. The highest BCUT2D eigenvalue weighted by atomic mass is 16.3. The third kappa shape index (κ3) is 1.52. The number of phenols is 1. The Kier molecular flexibility index (Phi) is 2.40. The van der Waals surface area contributed by atoms with Gasteiger partial charge in [0.05, 0.1) is 0 Å². The molecule has 2 nitrogen and oxygen atoms in total. The molecule has 1 aromatic rings. The Balaban J connectivity index is 1.91. The first kappa shape index (κ1) is 10.2. The molecule has 0 aromatic heterocycles. The number of hydrogen-bond donors (Lipinski definition) is 2. The number of hydrogen-bond acceptors (Lipinski definition) is 2. The number of phenolic OH excluding ortho intramolecular Hbond substituents is 1. The Morgan fingerprint density at radius 3 is 2.50 bits per heavy atom. The van der Waals surface area contributed by atoms with Crippen molar-refractivity contribution in [2.45, 2.75) is 31.6 Å².